The summed E-state index contributed by atoms with van der Waals surface area (Å²) in [5.74, 6) is 0. The maximum absolute atomic E-state index is 3.44. The number of nitrogens with one attached hydrogen (secondary N) is 1. The third kappa shape index (κ3) is 2.70. The van der Waals surface area contributed by atoms with Gasteiger partial charge >= 0.3 is 0 Å². The highest BCUT2D eigenvalue weighted by molar-refractivity contribution is 9.09. The Balaban J connectivity index is 2.23. The minimum atomic E-state index is 1.02. The van der Waals surface area contributed by atoms with Crippen LogP contribution in [0, 0.1) is 0 Å². The molecule has 1 heterocycles. The van der Waals surface area contributed by atoms with Crippen molar-refractivity contribution in [2.75, 3.05) is 11.9 Å². The zero-order valence-electron chi connectivity index (χ0n) is 8.80. The maximum Gasteiger partial charge on any atom is 0.0208 e. The van der Waals surface area contributed by atoms with Crippen LogP contribution in [-0.2, 0) is 13.0 Å². The van der Waals surface area contributed by atoms with Crippen molar-refractivity contribution in [3.63, 3.8) is 0 Å². The number of hydrogen-bond acceptors (Lipinski definition) is 1. The summed E-state index contributed by atoms with van der Waals surface area (Å²) in [6.07, 6.45) is 6.75. The smallest absolute Gasteiger partial charge is 0.0208 e. The van der Waals surface area contributed by atoms with Crippen LogP contribution in [-0.4, -0.2) is 11.9 Å². The second-order valence-electron chi connectivity index (χ2n) is 3.79. The molecular weight excluding hydrogens is 250 g/mol. The summed E-state index contributed by atoms with van der Waals surface area (Å²) in [6, 6.07) is 6.60. The molecule has 0 bridgehead atoms. The maximum atomic E-state index is 3.44. The van der Waals surface area contributed by atoms with Crippen molar-refractivity contribution in [2.45, 2.75) is 19.4 Å². The number of halogens is 1. The van der Waals surface area contributed by atoms with Crippen LogP contribution in [0.2, 0.25) is 0 Å². The fraction of sp³-hybridized carbons (Fsp3) is 0.385. The average Bonchev–Trinajstić information content (AvgIpc) is 2.30. The van der Waals surface area contributed by atoms with Crippen molar-refractivity contribution >= 4 is 22.0 Å². The quantitative estimate of drug-likeness (QED) is 0.829. The van der Waals surface area contributed by atoms with Gasteiger partial charge < -0.3 is 5.32 Å². The Morgan fingerprint density at radius 2 is 2.33 bits per heavy atom. The Morgan fingerprint density at radius 1 is 1.40 bits per heavy atom. The van der Waals surface area contributed by atoms with Crippen LogP contribution in [0.4, 0.5) is 0 Å². The zero-order chi connectivity index (χ0) is 10.5. The number of alkyl halides is 1. The highest BCUT2D eigenvalue weighted by Gasteiger charge is 2.10. The largest absolute Gasteiger partial charge is 0.312 e. The molecule has 0 aromatic heterocycles. The zero-order valence-corrected chi connectivity index (χ0v) is 10.4. The molecule has 1 N–H and O–H groups in total. The first kappa shape index (κ1) is 10.9. The first-order valence-electron chi connectivity index (χ1n) is 5.46. The van der Waals surface area contributed by atoms with Gasteiger partial charge in [0.15, 0.2) is 0 Å². The molecule has 1 aromatic carbocycles. The van der Waals surface area contributed by atoms with Gasteiger partial charge in [-0.1, -0.05) is 46.3 Å². The minimum absolute atomic E-state index is 1.02. The van der Waals surface area contributed by atoms with Gasteiger partial charge in [0, 0.05) is 11.9 Å². The van der Waals surface area contributed by atoms with Gasteiger partial charge in [0.25, 0.3) is 0 Å². The van der Waals surface area contributed by atoms with Crippen molar-refractivity contribution in [1.29, 1.82) is 0 Å². The number of fused-ring (bicyclic) bond motifs is 1. The van der Waals surface area contributed by atoms with Crippen LogP contribution in [0.1, 0.15) is 23.1 Å². The molecule has 1 aliphatic rings. The molecule has 0 fully saturated rings. The van der Waals surface area contributed by atoms with Crippen LogP contribution in [0.25, 0.3) is 6.08 Å². The Kier molecular flexibility index (Phi) is 3.98. The molecule has 0 atom stereocenters. The lowest BCUT2D eigenvalue weighted by Crippen LogP contribution is -2.24. The molecule has 80 valence electrons. The lowest BCUT2D eigenvalue weighted by atomic mass is 9.95. The Bertz CT molecular complexity index is 358. The standard InChI is InChI=1S/C13H16BrN/c14-8-2-1-4-11-5-3-6-12-10-15-9-7-13(11)12/h1,3-6,15H,2,7-10H2. The van der Waals surface area contributed by atoms with Gasteiger partial charge in [-0.05, 0) is 36.1 Å². The van der Waals surface area contributed by atoms with Crippen molar-refractivity contribution < 1.29 is 0 Å². The molecule has 1 aromatic rings. The molecule has 2 heteroatoms. The summed E-state index contributed by atoms with van der Waals surface area (Å²) in [5.41, 5.74) is 4.39. The number of rotatable bonds is 3. The van der Waals surface area contributed by atoms with Crippen LogP contribution >= 0.6 is 15.9 Å². The van der Waals surface area contributed by atoms with Gasteiger partial charge in [0.05, 0.1) is 0 Å². The topological polar surface area (TPSA) is 12.0 Å². The van der Waals surface area contributed by atoms with Gasteiger partial charge in [-0.3, -0.25) is 0 Å². The van der Waals surface area contributed by atoms with Gasteiger partial charge in [-0.2, -0.15) is 0 Å². The molecule has 0 saturated carbocycles. The van der Waals surface area contributed by atoms with E-state index in [0.717, 1.165) is 31.3 Å². The van der Waals surface area contributed by atoms with E-state index < -0.39 is 0 Å². The summed E-state index contributed by atoms with van der Waals surface area (Å²) in [4.78, 5) is 0. The highest BCUT2D eigenvalue weighted by atomic mass is 79.9. The molecule has 0 spiro atoms. The molecule has 15 heavy (non-hydrogen) atoms. The number of hydrogen-bond donors (Lipinski definition) is 1. The molecule has 2 rings (SSSR count). The van der Waals surface area contributed by atoms with Gasteiger partial charge in [0.1, 0.15) is 0 Å². The summed E-state index contributed by atoms with van der Waals surface area (Å²) in [6.45, 7) is 2.13. The van der Waals surface area contributed by atoms with E-state index in [1.807, 2.05) is 0 Å². The van der Waals surface area contributed by atoms with Crippen LogP contribution in [0.3, 0.4) is 0 Å². The summed E-state index contributed by atoms with van der Waals surface area (Å²) >= 11 is 3.44. The molecule has 1 aliphatic heterocycles. The van der Waals surface area contributed by atoms with Crippen LogP contribution in [0.15, 0.2) is 24.3 Å². The molecule has 1 nitrogen and oxygen atoms in total. The lowest BCUT2D eigenvalue weighted by Gasteiger charge is -2.18. The van der Waals surface area contributed by atoms with E-state index in [1.54, 1.807) is 0 Å². The van der Waals surface area contributed by atoms with E-state index in [1.165, 1.54) is 16.7 Å². The van der Waals surface area contributed by atoms with Crippen LogP contribution < -0.4 is 5.32 Å². The van der Waals surface area contributed by atoms with Gasteiger partial charge in [0.2, 0.25) is 0 Å². The van der Waals surface area contributed by atoms with Crippen molar-refractivity contribution in [1.82, 2.24) is 5.32 Å². The van der Waals surface area contributed by atoms with E-state index >= 15 is 0 Å². The van der Waals surface area contributed by atoms with E-state index in [2.05, 4.69) is 51.6 Å². The van der Waals surface area contributed by atoms with Gasteiger partial charge in [-0.15, -0.1) is 0 Å². The van der Waals surface area contributed by atoms with Crippen molar-refractivity contribution in [2.24, 2.45) is 0 Å². The molecule has 0 aliphatic carbocycles. The van der Waals surface area contributed by atoms with E-state index in [9.17, 15) is 0 Å². The first-order chi connectivity index (χ1) is 7.42. The Labute approximate surface area is 99.7 Å². The second-order valence-corrected chi connectivity index (χ2v) is 4.58. The monoisotopic (exact) mass is 265 g/mol. The van der Waals surface area contributed by atoms with Crippen molar-refractivity contribution in [3.05, 3.63) is 41.0 Å². The molecule has 0 unspecified atom stereocenters. The predicted octanol–water partition coefficient (Wildman–Crippen LogP) is 3.13. The van der Waals surface area contributed by atoms with Crippen LogP contribution in [0.5, 0.6) is 0 Å². The Morgan fingerprint density at radius 3 is 3.20 bits per heavy atom. The SMILES string of the molecule is BrCCC=Cc1cccc2c1CCNC2. The number of benzene rings is 1. The van der Waals surface area contributed by atoms with E-state index in [4.69, 9.17) is 0 Å². The fourth-order valence-electron chi connectivity index (χ4n) is 1.99. The average molecular weight is 266 g/mol. The van der Waals surface area contributed by atoms with Gasteiger partial charge in [-0.25, -0.2) is 0 Å². The van der Waals surface area contributed by atoms with E-state index in [0.29, 0.717) is 0 Å². The third-order valence-electron chi connectivity index (χ3n) is 2.75. The molecule has 0 amide bonds. The van der Waals surface area contributed by atoms with Crippen molar-refractivity contribution in [3.8, 4) is 0 Å². The molecular formula is C13H16BrN. The molecule has 0 saturated heterocycles. The molecule has 0 radical (unpaired) electrons. The highest BCUT2D eigenvalue weighted by Crippen LogP contribution is 2.19. The normalized spacial score (nSPS) is 15.5. The Hall–Kier alpha value is -0.600. The number of allylic oxidation sites excluding steroid dienone is 1. The van der Waals surface area contributed by atoms with E-state index in [-0.39, 0.29) is 0 Å². The minimum Gasteiger partial charge on any atom is -0.312 e. The summed E-state index contributed by atoms with van der Waals surface area (Å²) in [7, 11) is 0. The third-order valence-corrected chi connectivity index (χ3v) is 3.21. The second kappa shape index (κ2) is 5.47. The lowest BCUT2D eigenvalue weighted by molar-refractivity contribution is 0.643. The summed E-state index contributed by atoms with van der Waals surface area (Å²) < 4.78 is 0. The fourth-order valence-corrected chi connectivity index (χ4v) is 2.26. The first-order valence-corrected chi connectivity index (χ1v) is 6.58. The predicted molar refractivity (Wildman–Crippen MR) is 69.3 cm³/mol. The summed E-state index contributed by atoms with van der Waals surface area (Å²) in [5, 5.41) is 4.45.